The molecule has 146 valence electrons. The van der Waals surface area contributed by atoms with Crippen molar-refractivity contribution in [2.75, 3.05) is 24.5 Å². The number of anilines is 1. The third-order valence-corrected chi connectivity index (χ3v) is 6.44. The molecule has 2 fully saturated rings. The van der Waals surface area contributed by atoms with Gasteiger partial charge in [-0.1, -0.05) is 19.1 Å². The van der Waals surface area contributed by atoms with E-state index in [1.165, 1.54) is 24.9 Å². The van der Waals surface area contributed by atoms with Gasteiger partial charge in [-0.2, -0.15) is 4.98 Å². The third kappa shape index (κ3) is 3.15. The van der Waals surface area contributed by atoms with Gasteiger partial charge in [0.25, 0.3) is 6.01 Å². The average molecular weight is 377 g/mol. The molecule has 28 heavy (non-hydrogen) atoms. The molecule has 1 spiro atoms. The molecule has 2 aliphatic rings. The average Bonchev–Trinajstić information content (AvgIpc) is 3.34. The summed E-state index contributed by atoms with van der Waals surface area (Å²) >= 11 is 0. The van der Waals surface area contributed by atoms with Crippen molar-refractivity contribution >= 4 is 17.1 Å². The molecule has 6 heteroatoms. The summed E-state index contributed by atoms with van der Waals surface area (Å²) in [5.74, 6) is 0.923. The van der Waals surface area contributed by atoms with Gasteiger partial charge >= 0.3 is 0 Å². The SMILES string of the molecule is CCc1ncc(CN2CCCC23CCN(c2nc4ccccc4o2)CC3)cn1. The number of para-hydroxylation sites is 2. The molecule has 1 aromatic carbocycles. The predicted octanol–water partition coefficient (Wildman–Crippen LogP) is 3.82. The molecule has 4 heterocycles. The lowest BCUT2D eigenvalue weighted by molar-refractivity contribution is 0.0985. The van der Waals surface area contributed by atoms with Gasteiger partial charge in [0.15, 0.2) is 5.58 Å². The van der Waals surface area contributed by atoms with E-state index in [1.807, 2.05) is 36.7 Å². The second kappa shape index (κ2) is 7.17. The Balaban J connectivity index is 1.28. The molecule has 0 radical (unpaired) electrons. The number of rotatable bonds is 4. The van der Waals surface area contributed by atoms with E-state index in [0.717, 1.165) is 61.8 Å². The lowest BCUT2D eigenvalue weighted by atomic mass is 9.85. The molecule has 0 aliphatic carbocycles. The lowest BCUT2D eigenvalue weighted by Crippen LogP contribution is -2.52. The predicted molar refractivity (Wildman–Crippen MR) is 109 cm³/mol. The Bertz CT molecular complexity index is 910. The normalized spacial score (nSPS) is 19.7. The molecule has 0 unspecified atom stereocenters. The van der Waals surface area contributed by atoms with E-state index in [2.05, 4.69) is 31.7 Å². The van der Waals surface area contributed by atoms with Crippen LogP contribution in [0.4, 0.5) is 6.01 Å². The fraction of sp³-hybridized carbons (Fsp3) is 0.500. The van der Waals surface area contributed by atoms with Crippen LogP contribution in [0.15, 0.2) is 41.1 Å². The van der Waals surface area contributed by atoms with Crippen molar-refractivity contribution in [1.82, 2.24) is 19.9 Å². The number of hydrogen-bond acceptors (Lipinski definition) is 6. The Labute approximate surface area is 165 Å². The molecular weight excluding hydrogens is 350 g/mol. The van der Waals surface area contributed by atoms with Gasteiger partial charge in [-0.05, 0) is 44.4 Å². The van der Waals surface area contributed by atoms with E-state index >= 15 is 0 Å². The number of likely N-dealkylation sites (tertiary alicyclic amines) is 1. The van der Waals surface area contributed by atoms with Crippen molar-refractivity contribution in [3.05, 3.63) is 48.0 Å². The summed E-state index contributed by atoms with van der Waals surface area (Å²) in [5.41, 5.74) is 3.33. The van der Waals surface area contributed by atoms with Crippen LogP contribution in [-0.2, 0) is 13.0 Å². The monoisotopic (exact) mass is 377 g/mol. The summed E-state index contributed by atoms with van der Waals surface area (Å²) in [5, 5.41) is 0. The fourth-order valence-electron chi connectivity index (χ4n) is 4.78. The Kier molecular flexibility index (Phi) is 4.51. The van der Waals surface area contributed by atoms with Crippen molar-refractivity contribution in [2.24, 2.45) is 0 Å². The molecule has 5 rings (SSSR count). The van der Waals surface area contributed by atoms with Crippen molar-refractivity contribution in [2.45, 2.75) is 51.1 Å². The molecule has 2 aromatic heterocycles. The van der Waals surface area contributed by atoms with Crippen molar-refractivity contribution in [3.63, 3.8) is 0 Å². The smallest absolute Gasteiger partial charge is 0.298 e. The van der Waals surface area contributed by atoms with Gasteiger partial charge in [0.2, 0.25) is 0 Å². The molecule has 0 saturated carbocycles. The Morgan fingerprint density at radius 1 is 1.04 bits per heavy atom. The number of oxazole rings is 1. The van der Waals surface area contributed by atoms with E-state index in [1.54, 1.807) is 0 Å². The number of piperidine rings is 1. The Hall–Kier alpha value is -2.47. The minimum absolute atomic E-state index is 0.298. The van der Waals surface area contributed by atoms with E-state index in [-0.39, 0.29) is 0 Å². The van der Waals surface area contributed by atoms with Crippen LogP contribution in [-0.4, -0.2) is 45.0 Å². The maximum Gasteiger partial charge on any atom is 0.298 e. The molecule has 0 N–H and O–H groups in total. The zero-order valence-electron chi connectivity index (χ0n) is 16.5. The second-order valence-corrected chi connectivity index (χ2v) is 8.06. The van der Waals surface area contributed by atoms with Gasteiger partial charge in [0.05, 0.1) is 0 Å². The van der Waals surface area contributed by atoms with Crippen molar-refractivity contribution in [3.8, 4) is 0 Å². The largest absolute Gasteiger partial charge is 0.423 e. The first kappa shape index (κ1) is 17.6. The Morgan fingerprint density at radius 3 is 2.57 bits per heavy atom. The second-order valence-electron chi connectivity index (χ2n) is 8.06. The third-order valence-electron chi connectivity index (χ3n) is 6.44. The van der Waals surface area contributed by atoms with Crippen LogP contribution in [0.25, 0.3) is 11.1 Å². The van der Waals surface area contributed by atoms with Gasteiger partial charge in [-0.25, -0.2) is 9.97 Å². The van der Waals surface area contributed by atoms with E-state index in [9.17, 15) is 0 Å². The highest BCUT2D eigenvalue weighted by Gasteiger charge is 2.43. The van der Waals surface area contributed by atoms with Crippen LogP contribution in [0, 0.1) is 0 Å². The number of benzene rings is 1. The van der Waals surface area contributed by atoms with Crippen molar-refractivity contribution in [1.29, 1.82) is 0 Å². The van der Waals surface area contributed by atoms with Crippen LogP contribution in [0.3, 0.4) is 0 Å². The highest BCUT2D eigenvalue weighted by molar-refractivity contribution is 5.74. The van der Waals surface area contributed by atoms with E-state index in [4.69, 9.17) is 4.42 Å². The van der Waals surface area contributed by atoms with Gasteiger partial charge in [-0.15, -0.1) is 0 Å². The van der Waals surface area contributed by atoms with Crippen LogP contribution in [0.2, 0.25) is 0 Å². The first-order valence-corrected chi connectivity index (χ1v) is 10.4. The number of aryl methyl sites for hydroxylation is 1. The molecule has 2 aliphatic heterocycles. The molecule has 2 saturated heterocycles. The summed E-state index contributed by atoms with van der Waals surface area (Å²) < 4.78 is 5.99. The zero-order chi connectivity index (χ0) is 19.0. The van der Waals surface area contributed by atoms with Crippen LogP contribution in [0.1, 0.15) is 44.0 Å². The van der Waals surface area contributed by atoms with Crippen LogP contribution < -0.4 is 4.90 Å². The summed E-state index contributed by atoms with van der Waals surface area (Å²) in [6.45, 7) is 6.20. The van der Waals surface area contributed by atoms with Crippen LogP contribution >= 0.6 is 0 Å². The summed E-state index contributed by atoms with van der Waals surface area (Å²) in [6, 6.07) is 8.77. The standard InChI is InChI=1S/C22H27N5O/c1-2-20-23-14-17(15-24-20)16-27-11-5-8-22(27)9-12-26(13-10-22)21-25-18-6-3-4-7-19(18)28-21/h3-4,6-7,14-15H,2,5,8-13,16H2,1H3. The topological polar surface area (TPSA) is 58.3 Å². The zero-order valence-corrected chi connectivity index (χ0v) is 16.5. The first-order valence-electron chi connectivity index (χ1n) is 10.4. The molecule has 6 nitrogen and oxygen atoms in total. The van der Waals surface area contributed by atoms with Crippen molar-refractivity contribution < 1.29 is 4.42 Å². The van der Waals surface area contributed by atoms with E-state index < -0.39 is 0 Å². The highest BCUT2D eigenvalue weighted by Crippen LogP contribution is 2.40. The molecule has 3 aromatic rings. The lowest BCUT2D eigenvalue weighted by Gasteiger charge is -2.44. The van der Waals surface area contributed by atoms with E-state index in [0.29, 0.717) is 5.54 Å². The first-order chi connectivity index (χ1) is 13.8. The maximum atomic E-state index is 5.99. The van der Waals surface area contributed by atoms with Crippen LogP contribution in [0.5, 0.6) is 0 Å². The quantitative estimate of drug-likeness (QED) is 0.689. The van der Waals surface area contributed by atoms with Gasteiger partial charge in [0.1, 0.15) is 11.3 Å². The minimum atomic E-state index is 0.298. The fourth-order valence-corrected chi connectivity index (χ4v) is 4.78. The molecular formula is C22H27N5O. The maximum absolute atomic E-state index is 5.99. The number of nitrogens with zero attached hydrogens (tertiary/aromatic N) is 5. The number of aromatic nitrogens is 3. The minimum Gasteiger partial charge on any atom is -0.423 e. The summed E-state index contributed by atoms with van der Waals surface area (Å²) in [4.78, 5) is 18.6. The molecule has 0 bridgehead atoms. The Morgan fingerprint density at radius 2 is 1.82 bits per heavy atom. The number of fused-ring (bicyclic) bond motifs is 1. The summed E-state index contributed by atoms with van der Waals surface area (Å²) in [7, 11) is 0. The van der Waals surface area contributed by atoms with Gasteiger partial charge < -0.3 is 9.32 Å². The van der Waals surface area contributed by atoms with Gasteiger partial charge in [-0.3, -0.25) is 4.90 Å². The number of hydrogen-bond donors (Lipinski definition) is 0. The highest BCUT2D eigenvalue weighted by atomic mass is 16.4. The summed E-state index contributed by atoms with van der Waals surface area (Å²) in [6.07, 6.45) is 9.76. The van der Waals surface area contributed by atoms with Gasteiger partial charge in [0, 0.05) is 49.6 Å². The molecule has 0 atom stereocenters. The molecule has 0 amide bonds.